The normalized spacial score (nSPS) is 11.3. The molecule has 0 heterocycles. The van der Waals surface area contributed by atoms with Gasteiger partial charge < -0.3 is 0 Å². The van der Waals surface area contributed by atoms with Gasteiger partial charge in [-0.05, 0) is 30.7 Å². The third kappa shape index (κ3) is 7.01. The molecule has 0 saturated carbocycles. The standard InChI is InChI=1S/C15H24P/c1-2-3-4-5-9-13-16-14-12-15-10-7-6-8-11-15/h6-8,10-11H,2-5,9,12-14H2,1H3. The summed E-state index contributed by atoms with van der Waals surface area (Å²) in [4.78, 5) is 0. The number of aryl methyl sites for hydroxylation is 1. The molecule has 1 heteroatoms. The van der Waals surface area contributed by atoms with Crippen LogP contribution < -0.4 is 0 Å². The predicted octanol–water partition coefficient (Wildman–Crippen LogP) is 5.15. The minimum Gasteiger partial charge on any atom is -0.0806 e. The van der Waals surface area contributed by atoms with Crippen molar-refractivity contribution in [2.75, 3.05) is 12.3 Å². The van der Waals surface area contributed by atoms with E-state index in [-0.39, 0.29) is 0 Å². The molecule has 1 aromatic rings. The molecule has 0 aliphatic rings. The summed E-state index contributed by atoms with van der Waals surface area (Å²) in [6.07, 6.45) is 11.0. The molecule has 0 bridgehead atoms. The SMILES string of the molecule is CCCCCCC[P]CCc1ccccc1. The predicted molar refractivity (Wildman–Crippen MR) is 75.6 cm³/mol. The van der Waals surface area contributed by atoms with E-state index in [0.717, 1.165) is 0 Å². The third-order valence-electron chi connectivity index (χ3n) is 2.82. The topological polar surface area (TPSA) is 0 Å². The van der Waals surface area contributed by atoms with Crippen molar-refractivity contribution in [3.63, 3.8) is 0 Å². The highest BCUT2D eigenvalue weighted by Gasteiger charge is 1.93. The third-order valence-corrected chi connectivity index (χ3v) is 3.99. The zero-order valence-electron chi connectivity index (χ0n) is 10.5. The second-order valence-electron chi connectivity index (χ2n) is 4.32. The summed E-state index contributed by atoms with van der Waals surface area (Å²) in [5.74, 6) is 0. The van der Waals surface area contributed by atoms with Gasteiger partial charge in [0.1, 0.15) is 0 Å². The molecule has 0 amide bonds. The van der Waals surface area contributed by atoms with E-state index in [2.05, 4.69) is 37.3 Å². The molecule has 0 spiro atoms. The number of unbranched alkanes of at least 4 members (excludes halogenated alkanes) is 4. The van der Waals surface area contributed by atoms with Crippen molar-refractivity contribution in [1.29, 1.82) is 0 Å². The number of rotatable bonds is 9. The molecule has 1 rings (SSSR count). The molecule has 0 aliphatic heterocycles. The Balaban J connectivity index is 1.89. The van der Waals surface area contributed by atoms with E-state index in [0.29, 0.717) is 0 Å². The second-order valence-corrected chi connectivity index (χ2v) is 5.66. The van der Waals surface area contributed by atoms with Crippen LogP contribution in [0.25, 0.3) is 0 Å². The quantitative estimate of drug-likeness (QED) is 0.410. The molecule has 0 fully saturated rings. The van der Waals surface area contributed by atoms with Crippen LogP contribution >= 0.6 is 8.58 Å². The Morgan fingerprint density at radius 2 is 1.62 bits per heavy atom. The Bertz CT molecular complexity index is 243. The molecule has 0 nitrogen and oxygen atoms in total. The van der Waals surface area contributed by atoms with E-state index in [1.807, 2.05) is 0 Å². The van der Waals surface area contributed by atoms with Gasteiger partial charge in [-0.2, -0.15) is 0 Å². The summed E-state index contributed by atoms with van der Waals surface area (Å²) in [6, 6.07) is 10.8. The lowest BCUT2D eigenvalue weighted by Gasteiger charge is -2.01. The largest absolute Gasteiger partial charge is 0.0806 e. The van der Waals surface area contributed by atoms with Gasteiger partial charge >= 0.3 is 0 Å². The van der Waals surface area contributed by atoms with Gasteiger partial charge in [-0.15, -0.1) is 0 Å². The highest BCUT2D eigenvalue weighted by Crippen LogP contribution is 2.16. The molecule has 1 radical (unpaired) electrons. The first-order valence-corrected chi connectivity index (χ1v) is 7.87. The first-order chi connectivity index (χ1) is 7.93. The Kier molecular flexibility index (Phi) is 8.44. The maximum absolute atomic E-state index is 2.28. The lowest BCUT2D eigenvalue weighted by Crippen LogP contribution is -1.88. The molecule has 16 heavy (non-hydrogen) atoms. The molecule has 0 atom stereocenters. The van der Waals surface area contributed by atoms with Crippen LogP contribution in [0.15, 0.2) is 30.3 Å². The van der Waals surface area contributed by atoms with Crippen molar-refractivity contribution in [1.82, 2.24) is 0 Å². The molecule has 0 aliphatic carbocycles. The van der Waals surface area contributed by atoms with Crippen LogP contribution in [-0.4, -0.2) is 12.3 Å². The van der Waals surface area contributed by atoms with Crippen LogP contribution in [0, 0.1) is 0 Å². The van der Waals surface area contributed by atoms with Crippen molar-refractivity contribution in [2.45, 2.75) is 45.4 Å². The highest BCUT2D eigenvalue weighted by atomic mass is 31.1. The van der Waals surface area contributed by atoms with Gasteiger partial charge in [-0.25, -0.2) is 0 Å². The van der Waals surface area contributed by atoms with Gasteiger partial charge in [0, 0.05) is 0 Å². The van der Waals surface area contributed by atoms with E-state index < -0.39 is 0 Å². The van der Waals surface area contributed by atoms with Crippen LogP contribution in [0.5, 0.6) is 0 Å². The highest BCUT2D eigenvalue weighted by molar-refractivity contribution is 7.37. The summed E-state index contributed by atoms with van der Waals surface area (Å²) < 4.78 is 0. The van der Waals surface area contributed by atoms with Gasteiger partial charge in [0.05, 0.1) is 0 Å². The zero-order chi connectivity index (χ0) is 11.5. The molecule has 0 N–H and O–H groups in total. The first kappa shape index (κ1) is 13.7. The monoisotopic (exact) mass is 235 g/mol. The molecule has 0 aromatic heterocycles. The van der Waals surface area contributed by atoms with Crippen molar-refractivity contribution in [2.24, 2.45) is 0 Å². The van der Waals surface area contributed by atoms with Crippen LogP contribution in [-0.2, 0) is 6.42 Å². The van der Waals surface area contributed by atoms with Crippen molar-refractivity contribution in [3.8, 4) is 0 Å². The fraction of sp³-hybridized carbons (Fsp3) is 0.600. The molecular weight excluding hydrogens is 211 g/mol. The minimum atomic E-state index is 1.25. The van der Waals surface area contributed by atoms with E-state index in [1.165, 1.54) is 56.4 Å². The number of hydrogen-bond acceptors (Lipinski definition) is 0. The minimum absolute atomic E-state index is 1.25. The average Bonchev–Trinajstić information content (AvgIpc) is 2.34. The lowest BCUT2D eigenvalue weighted by atomic mass is 10.2. The second kappa shape index (κ2) is 9.85. The number of hydrogen-bond donors (Lipinski definition) is 0. The van der Waals surface area contributed by atoms with Crippen molar-refractivity contribution >= 4 is 8.58 Å². The first-order valence-electron chi connectivity index (χ1n) is 6.60. The van der Waals surface area contributed by atoms with E-state index >= 15 is 0 Å². The summed E-state index contributed by atoms with van der Waals surface area (Å²) in [5, 5.41) is 0. The van der Waals surface area contributed by atoms with E-state index in [4.69, 9.17) is 0 Å². The van der Waals surface area contributed by atoms with Gasteiger partial charge in [0.25, 0.3) is 0 Å². The maximum atomic E-state index is 2.28. The van der Waals surface area contributed by atoms with Crippen molar-refractivity contribution < 1.29 is 0 Å². The maximum Gasteiger partial charge on any atom is -0.0236 e. The Hall–Kier alpha value is -0.350. The molecule has 0 unspecified atom stereocenters. The van der Waals surface area contributed by atoms with E-state index in [1.54, 1.807) is 8.58 Å². The fourth-order valence-corrected chi connectivity index (χ4v) is 2.88. The van der Waals surface area contributed by atoms with Crippen molar-refractivity contribution in [3.05, 3.63) is 35.9 Å². The van der Waals surface area contributed by atoms with E-state index in [9.17, 15) is 0 Å². The lowest BCUT2D eigenvalue weighted by molar-refractivity contribution is 0.659. The smallest absolute Gasteiger partial charge is 0.0236 e. The molecule has 1 aromatic carbocycles. The summed E-state index contributed by atoms with van der Waals surface area (Å²) in [5.41, 5.74) is 1.49. The van der Waals surface area contributed by atoms with Crippen LogP contribution in [0.1, 0.15) is 44.6 Å². The zero-order valence-corrected chi connectivity index (χ0v) is 11.4. The molecule has 0 saturated heterocycles. The van der Waals surface area contributed by atoms with Gasteiger partial charge in [0.15, 0.2) is 0 Å². The van der Waals surface area contributed by atoms with Gasteiger partial charge in [0.2, 0.25) is 0 Å². The van der Waals surface area contributed by atoms with Crippen LogP contribution in [0.2, 0.25) is 0 Å². The van der Waals surface area contributed by atoms with Crippen LogP contribution in [0.3, 0.4) is 0 Å². The summed E-state index contributed by atoms with van der Waals surface area (Å²) >= 11 is 0. The summed E-state index contributed by atoms with van der Waals surface area (Å²) in [6.45, 7) is 2.28. The molecular formula is C15H24P. The molecule has 89 valence electrons. The number of benzene rings is 1. The van der Waals surface area contributed by atoms with Gasteiger partial charge in [-0.1, -0.05) is 71.5 Å². The summed E-state index contributed by atoms with van der Waals surface area (Å²) in [7, 11) is 1.64. The average molecular weight is 235 g/mol. The Morgan fingerprint density at radius 1 is 0.875 bits per heavy atom. The fourth-order valence-electron chi connectivity index (χ4n) is 1.79. The van der Waals surface area contributed by atoms with Gasteiger partial charge in [-0.3, -0.25) is 0 Å². The Labute approximate surface area is 103 Å². The Morgan fingerprint density at radius 3 is 2.38 bits per heavy atom. The van der Waals surface area contributed by atoms with Crippen LogP contribution in [0.4, 0.5) is 0 Å².